The lowest BCUT2D eigenvalue weighted by molar-refractivity contribution is 0.415. The molecule has 0 fully saturated rings. The molecule has 3 aromatic carbocycles. The van der Waals surface area contributed by atoms with Crippen molar-refractivity contribution in [1.82, 2.24) is 4.98 Å². The molecule has 7 heteroatoms. The maximum atomic E-state index is 13.3. The number of anilines is 2. The van der Waals surface area contributed by atoms with Crippen LogP contribution in [0.2, 0.25) is 0 Å². The van der Waals surface area contributed by atoms with Gasteiger partial charge < -0.3 is 14.5 Å². The highest BCUT2D eigenvalue weighted by Gasteiger charge is 2.28. The van der Waals surface area contributed by atoms with E-state index in [0.29, 0.717) is 11.3 Å². The summed E-state index contributed by atoms with van der Waals surface area (Å²) in [7, 11) is -2.32. The summed E-state index contributed by atoms with van der Waals surface area (Å²) in [5.74, 6) is 0.949. The zero-order chi connectivity index (χ0) is 22.0. The van der Waals surface area contributed by atoms with Gasteiger partial charge in [-0.05, 0) is 73.5 Å². The number of benzene rings is 3. The Hall–Kier alpha value is -3.58. The second-order valence-electron chi connectivity index (χ2n) is 7.20. The normalized spacial score (nSPS) is 11.3. The van der Waals surface area contributed by atoms with Crippen LogP contribution in [0, 0.1) is 13.8 Å². The van der Waals surface area contributed by atoms with Crippen LogP contribution in [0.25, 0.3) is 11.5 Å². The Morgan fingerprint density at radius 1 is 0.903 bits per heavy atom. The number of nitrogens with zero attached hydrogens (tertiary/aromatic N) is 1. The van der Waals surface area contributed by atoms with E-state index in [1.165, 1.54) is 12.1 Å². The predicted molar refractivity (Wildman–Crippen MR) is 120 cm³/mol. The van der Waals surface area contributed by atoms with Crippen molar-refractivity contribution in [2.75, 3.05) is 12.4 Å². The van der Waals surface area contributed by atoms with Gasteiger partial charge in [-0.25, -0.2) is 8.42 Å². The van der Waals surface area contributed by atoms with Gasteiger partial charge in [-0.2, -0.15) is 4.98 Å². The van der Waals surface area contributed by atoms with Gasteiger partial charge in [-0.3, -0.25) is 0 Å². The van der Waals surface area contributed by atoms with E-state index in [9.17, 15) is 8.42 Å². The minimum absolute atomic E-state index is 0.0691. The molecule has 0 radical (unpaired) electrons. The molecule has 0 spiro atoms. The zero-order valence-electron chi connectivity index (χ0n) is 17.4. The first-order chi connectivity index (χ1) is 14.9. The first-order valence-electron chi connectivity index (χ1n) is 9.67. The highest BCUT2D eigenvalue weighted by molar-refractivity contribution is 7.91. The van der Waals surface area contributed by atoms with Gasteiger partial charge in [0.25, 0.3) is 0 Å². The van der Waals surface area contributed by atoms with Gasteiger partial charge in [0.2, 0.25) is 26.6 Å². The molecule has 31 heavy (non-hydrogen) atoms. The minimum atomic E-state index is -3.90. The highest BCUT2D eigenvalue weighted by Crippen LogP contribution is 2.34. The largest absolute Gasteiger partial charge is 0.497 e. The quantitative estimate of drug-likeness (QED) is 0.429. The Labute approximate surface area is 181 Å². The maximum Gasteiger partial charge on any atom is 0.238 e. The van der Waals surface area contributed by atoms with E-state index in [1.807, 2.05) is 32.0 Å². The monoisotopic (exact) mass is 434 g/mol. The van der Waals surface area contributed by atoms with Crippen LogP contribution >= 0.6 is 0 Å². The Balaban J connectivity index is 1.84. The number of rotatable bonds is 6. The molecule has 4 rings (SSSR count). The number of nitrogens with one attached hydrogen (secondary N) is 1. The summed E-state index contributed by atoms with van der Waals surface area (Å²) in [6.07, 6.45) is 0. The Bertz CT molecular complexity index is 1290. The van der Waals surface area contributed by atoms with E-state index >= 15 is 0 Å². The summed E-state index contributed by atoms with van der Waals surface area (Å²) in [5.41, 5.74) is 3.45. The van der Waals surface area contributed by atoms with Crippen LogP contribution in [0.4, 0.5) is 11.6 Å². The molecule has 0 unspecified atom stereocenters. The molecule has 0 bridgehead atoms. The second-order valence-corrected chi connectivity index (χ2v) is 9.06. The lowest BCUT2D eigenvalue weighted by Crippen LogP contribution is -2.05. The standard InChI is InChI=1S/C24H22N2O4S/c1-16-13-17(2)15-19(14-16)25-23-24(31(27,28)21-7-5-4-6-8-21)26-22(30-23)18-9-11-20(29-3)12-10-18/h4-15,25H,1-3H3. The molecule has 1 heterocycles. The van der Waals surface area contributed by atoms with E-state index in [0.717, 1.165) is 16.8 Å². The molecular weight excluding hydrogens is 412 g/mol. The van der Waals surface area contributed by atoms with Crippen molar-refractivity contribution >= 4 is 21.4 Å². The van der Waals surface area contributed by atoms with Crippen molar-refractivity contribution in [3.8, 4) is 17.2 Å². The number of sulfone groups is 1. The van der Waals surface area contributed by atoms with Crippen molar-refractivity contribution in [2.45, 2.75) is 23.8 Å². The molecule has 0 saturated heterocycles. The van der Waals surface area contributed by atoms with Crippen LogP contribution in [0.5, 0.6) is 5.75 Å². The minimum Gasteiger partial charge on any atom is -0.497 e. The first-order valence-corrected chi connectivity index (χ1v) is 11.2. The van der Waals surface area contributed by atoms with Crippen LogP contribution in [0.1, 0.15) is 11.1 Å². The molecule has 4 aromatic rings. The van der Waals surface area contributed by atoms with Crippen LogP contribution in [-0.4, -0.2) is 20.5 Å². The third-order valence-electron chi connectivity index (χ3n) is 4.72. The number of oxazole rings is 1. The fraction of sp³-hybridized carbons (Fsp3) is 0.125. The smallest absolute Gasteiger partial charge is 0.238 e. The molecular formula is C24H22N2O4S. The van der Waals surface area contributed by atoms with Crippen molar-refractivity contribution in [2.24, 2.45) is 0 Å². The molecule has 0 saturated carbocycles. The van der Waals surface area contributed by atoms with Gasteiger partial charge in [0.05, 0.1) is 12.0 Å². The number of methoxy groups -OCH3 is 1. The lowest BCUT2D eigenvalue weighted by Gasteiger charge is -2.08. The predicted octanol–water partition coefficient (Wildman–Crippen LogP) is 5.54. The van der Waals surface area contributed by atoms with Crippen molar-refractivity contribution in [3.05, 3.63) is 83.9 Å². The summed E-state index contributed by atoms with van der Waals surface area (Å²) >= 11 is 0. The molecule has 6 nitrogen and oxygen atoms in total. The van der Waals surface area contributed by atoms with Crippen LogP contribution < -0.4 is 10.1 Å². The Morgan fingerprint density at radius 2 is 1.55 bits per heavy atom. The summed E-state index contributed by atoms with van der Waals surface area (Å²) in [6.45, 7) is 3.95. The third kappa shape index (κ3) is 4.32. The van der Waals surface area contributed by atoms with E-state index < -0.39 is 9.84 Å². The molecule has 0 atom stereocenters. The molecule has 0 aliphatic heterocycles. The molecule has 1 aromatic heterocycles. The average Bonchev–Trinajstić information content (AvgIpc) is 3.18. The van der Waals surface area contributed by atoms with Gasteiger partial charge in [0.15, 0.2) is 0 Å². The van der Waals surface area contributed by atoms with Crippen LogP contribution in [-0.2, 0) is 9.84 Å². The van der Waals surface area contributed by atoms with E-state index in [-0.39, 0.29) is 21.7 Å². The fourth-order valence-corrected chi connectivity index (χ4v) is 4.59. The van der Waals surface area contributed by atoms with Gasteiger partial charge in [0, 0.05) is 11.3 Å². The van der Waals surface area contributed by atoms with Gasteiger partial charge in [0.1, 0.15) is 5.75 Å². The lowest BCUT2D eigenvalue weighted by atomic mass is 10.1. The third-order valence-corrected chi connectivity index (χ3v) is 6.40. The molecule has 0 aliphatic rings. The topological polar surface area (TPSA) is 81.4 Å². The van der Waals surface area contributed by atoms with Gasteiger partial charge >= 0.3 is 0 Å². The van der Waals surface area contributed by atoms with Crippen molar-refractivity contribution in [1.29, 1.82) is 0 Å². The zero-order valence-corrected chi connectivity index (χ0v) is 18.2. The molecule has 1 N–H and O–H groups in total. The molecule has 158 valence electrons. The Morgan fingerprint density at radius 3 is 2.16 bits per heavy atom. The van der Waals surface area contributed by atoms with Gasteiger partial charge in [-0.15, -0.1) is 0 Å². The summed E-state index contributed by atoms with van der Waals surface area (Å²) < 4.78 is 37.8. The van der Waals surface area contributed by atoms with E-state index in [4.69, 9.17) is 9.15 Å². The molecule has 0 aliphatic carbocycles. The van der Waals surface area contributed by atoms with Crippen molar-refractivity contribution < 1.29 is 17.6 Å². The number of hydrogen-bond acceptors (Lipinski definition) is 6. The first kappa shape index (κ1) is 20.7. The van der Waals surface area contributed by atoms with Crippen molar-refractivity contribution in [3.63, 3.8) is 0 Å². The second kappa shape index (κ2) is 8.28. The number of aromatic nitrogens is 1. The number of ether oxygens (including phenoxy) is 1. The SMILES string of the molecule is COc1ccc(-c2nc(S(=O)(=O)c3ccccc3)c(Nc3cc(C)cc(C)c3)o2)cc1. The number of aryl methyl sites for hydroxylation is 2. The number of hydrogen-bond donors (Lipinski definition) is 1. The Kier molecular flexibility index (Phi) is 5.52. The summed E-state index contributed by atoms with van der Waals surface area (Å²) in [5, 5.41) is 2.95. The summed E-state index contributed by atoms with van der Waals surface area (Å²) in [6, 6.07) is 21.1. The molecule has 0 amide bonds. The maximum absolute atomic E-state index is 13.3. The average molecular weight is 435 g/mol. The highest BCUT2D eigenvalue weighted by atomic mass is 32.2. The van der Waals surface area contributed by atoms with Crippen LogP contribution in [0.15, 0.2) is 87.1 Å². The van der Waals surface area contributed by atoms with Gasteiger partial charge in [-0.1, -0.05) is 24.3 Å². The summed E-state index contributed by atoms with van der Waals surface area (Å²) in [4.78, 5) is 4.51. The van der Waals surface area contributed by atoms with E-state index in [1.54, 1.807) is 49.6 Å². The van der Waals surface area contributed by atoms with Crippen LogP contribution in [0.3, 0.4) is 0 Å². The fourth-order valence-electron chi connectivity index (χ4n) is 3.31. The van der Waals surface area contributed by atoms with E-state index in [2.05, 4.69) is 10.3 Å².